The summed E-state index contributed by atoms with van der Waals surface area (Å²) in [5.74, 6) is 1.52. The number of hydrogen-bond acceptors (Lipinski definition) is 8. The van der Waals surface area contributed by atoms with Gasteiger partial charge in [-0.2, -0.15) is 5.10 Å². The Morgan fingerprint density at radius 1 is 1.17 bits per heavy atom. The first kappa shape index (κ1) is 31.3. The molecule has 2 amide bonds. The number of imidazole rings is 1. The summed E-state index contributed by atoms with van der Waals surface area (Å²) in [5.41, 5.74) is 0.850. The first-order valence-electron chi connectivity index (χ1n) is 14.7. The number of ether oxygens (including phenoxy) is 3. The molecule has 1 aromatic carbocycles. The van der Waals surface area contributed by atoms with E-state index < -0.39 is 11.7 Å². The number of benzene rings is 1. The molecule has 1 N–H and O–H groups in total. The highest BCUT2D eigenvalue weighted by atomic mass is 16.6. The standard InChI is InChI=1S/C30H45N7O5/c1-20(2)16-37(22-15-21(26-31-19-32-34-26)17-35(18-22)29(39)42-30(3,4)5)28(38)27-33-25-23(11-10-12-24(25)41-7)36(27)13-8-9-14-40-6/h10-12,19-22H,8-9,13-18H2,1-7H3,(H,31,32,34)/t21-,22?/m1/s1. The summed E-state index contributed by atoms with van der Waals surface area (Å²) < 4.78 is 18.6. The number of aryl methyl sites for hydroxylation is 1. The summed E-state index contributed by atoms with van der Waals surface area (Å²) in [6.07, 6.45) is 3.35. The van der Waals surface area contributed by atoms with Crippen LogP contribution in [0.2, 0.25) is 0 Å². The first-order chi connectivity index (χ1) is 20.0. The molecule has 1 aliphatic heterocycles. The van der Waals surface area contributed by atoms with E-state index in [1.165, 1.54) is 6.33 Å². The number of fused-ring (bicyclic) bond motifs is 1. The number of piperidine rings is 1. The molecular formula is C30H45N7O5. The maximum absolute atomic E-state index is 14.6. The number of aromatic nitrogens is 5. The van der Waals surface area contributed by atoms with Crippen LogP contribution in [0.25, 0.3) is 11.0 Å². The smallest absolute Gasteiger partial charge is 0.410 e. The van der Waals surface area contributed by atoms with E-state index >= 15 is 0 Å². The predicted molar refractivity (Wildman–Crippen MR) is 159 cm³/mol. The number of rotatable bonds is 11. The van der Waals surface area contributed by atoms with E-state index in [1.807, 2.05) is 48.4 Å². The van der Waals surface area contributed by atoms with Gasteiger partial charge in [0.15, 0.2) is 5.82 Å². The molecule has 0 aliphatic carbocycles. The Kier molecular flexibility index (Phi) is 10.1. The Labute approximate surface area is 247 Å². The third kappa shape index (κ3) is 7.39. The minimum Gasteiger partial charge on any atom is -0.494 e. The van der Waals surface area contributed by atoms with Crippen LogP contribution in [0.3, 0.4) is 0 Å². The molecule has 4 rings (SSSR count). The lowest BCUT2D eigenvalue weighted by Gasteiger charge is -2.42. The summed E-state index contributed by atoms with van der Waals surface area (Å²) in [5, 5.41) is 7.00. The predicted octanol–water partition coefficient (Wildman–Crippen LogP) is 4.48. The van der Waals surface area contributed by atoms with Crippen LogP contribution >= 0.6 is 0 Å². The van der Waals surface area contributed by atoms with E-state index in [1.54, 1.807) is 19.1 Å². The van der Waals surface area contributed by atoms with E-state index in [0.717, 1.165) is 18.4 Å². The van der Waals surface area contributed by atoms with Crippen molar-refractivity contribution in [3.63, 3.8) is 0 Å². The van der Waals surface area contributed by atoms with E-state index in [4.69, 9.17) is 19.2 Å². The van der Waals surface area contributed by atoms with Gasteiger partial charge in [0.05, 0.1) is 18.7 Å². The maximum atomic E-state index is 14.6. The number of unbranched alkanes of at least 4 members (excludes halogenated alkanes) is 1. The molecule has 230 valence electrons. The largest absolute Gasteiger partial charge is 0.494 e. The lowest BCUT2D eigenvalue weighted by Crippen LogP contribution is -2.55. The van der Waals surface area contributed by atoms with Gasteiger partial charge in [-0.1, -0.05) is 19.9 Å². The van der Waals surface area contributed by atoms with Crippen molar-refractivity contribution in [1.29, 1.82) is 0 Å². The van der Waals surface area contributed by atoms with Crippen molar-refractivity contribution in [3.05, 3.63) is 36.2 Å². The number of amides is 2. The Balaban J connectivity index is 1.73. The minimum atomic E-state index is -0.647. The van der Waals surface area contributed by atoms with Gasteiger partial charge in [0, 0.05) is 45.8 Å². The lowest BCUT2D eigenvalue weighted by atomic mass is 9.92. The molecular weight excluding hydrogens is 538 g/mol. The van der Waals surface area contributed by atoms with E-state index in [9.17, 15) is 9.59 Å². The van der Waals surface area contributed by atoms with Crippen LogP contribution in [-0.2, 0) is 16.0 Å². The number of para-hydroxylation sites is 1. The zero-order valence-corrected chi connectivity index (χ0v) is 25.9. The van der Waals surface area contributed by atoms with E-state index in [2.05, 4.69) is 29.0 Å². The van der Waals surface area contributed by atoms with Gasteiger partial charge in [0.2, 0.25) is 0 Å². The van der Waals surface area contributed by atoms with Crippen molar-refractivity contribution in [2.75, 3.05) is 40.5 Å². The molecule has 1 fully saturated rings. The van der Waals surface area contributed by atoms with Crippen LogP contribution in [0.4, 0.5) is 4.79 Å². The number of nitrogens with one attached hydrogen (secondary N) is 1. The van der Waals surface area contributed by atoms with Crippen molar-refractivity contribution < 1.29 is 23.8 Å². The Bertz CT molecular complexity index is 1330. The van der Waals surface area contributed by atoms with Crippen molar-refractivity contribution in [1.82, 2.24) is 34.5 Å². The molecule has 3 heterocycles. The normalized spacial score (nSPS) is 17.6. The lowest BCUT2D eigenvalue weighted by molar-refractivity contribution is 0.00582. The van der Waals surface area contributed by atoms with Crippen LogP contribution in [-0.4, -0.2) is 98.6 Å². The Morgan fingerprint density at radius 3 is 2.60 bits per heavy atom. The Morgan fingerprint density at radius 2 is 1.95 bits per heavy atom. The molecule has 12 heteroatoms. The monoisotopic (exact) mass is 583 g/mol. The molecule has 1 aliphatic rings. The van der Waals surface area contributed by atoms with Gasteiger partial charge in [0.1, 0.15) is 29.0 Å². The maximum Gasteiger partial charge on any atom is 0.410 e. The second kappa shape index (κ2) is 13.5. The molecule has 0 spiro atoms. The number of carbonyl (C=O) groups excluding carboxylic acids is 2. The zero-order chi connectivity index (χ0) is 30.4. The van der Waals surface area contributed by atoms with Gasteiger partial charge in [-0.05, 0) is 58.1 Å². The topological polar surface area (TPSA) is 128 Å². The number of hydrogen-bond donors (Lipinski definition) is 1. The number of aromatic amines is 1. The average Bonchev–Trinajstić information content (AvgIpc) is 3.61. The summed E-state index contributed by atoms with van der Waals surface area (Å²) in [7, 11) is 3.29. The van der Waals surface area contributed by atoms with Crippen LogP contribution in [0.1, 0.15) is 76.2 Å². The van der Waals surface area contributed by atoms with Gasteiger partial charge in [-0.25, -0.2) is 14.8 Å². The average molecular weight is 584 g/mol. The van der Waals surface area contributed by atoms with E-state index in [0.29, 0.717) is 62.1 Å². The molecule has 42 heavy (non-hydrogen) atoms. The Hall–Kier alpha value is -3.67. The molecule has 3 aromatic rings. The van der Waals surface area contributed by atoms with Crippen molar-refractivity contribution >= 4 is 23.0 Å². The third-order valence-electron chi connectivity index (χ3n) is 7.30. The summed E-state index contributed by atoms with van der Waals surface area (Å²) in [6.45, 7) is 12.2. The highest BCUT2D eigenvalue weighted by Crippen LogP contribution is 2.32. The van der Waals surface area contributed by atoms with Crippen molar-refractivity contribution in [2.45, 2.75) is 78.0 Å². The SMILES string of the molecule is COCCCCn1c(C(=O)N(CC(C)C)C2C[C@@H](c3ncn[nH]3)CN(C(=O)OC(C)(C)C)C2)nc2c(OC)cccc21. The molecule has 2 aromatic heterocycles. The van der Waals surface area contributed by atoms with Gasteiger partial charge < -0.3 is 28.6 Å². The number of carbonyl (C=O) groups is 2. The summed E-state index contributed by atoms with van der Waals surface area (Å²) in [4.78, 5) is 40.7. The molecule has 1 unspecified atom stereocenters. The number of nitrogens with zero attached hydrogens (tertiary/aromatic N) is 6. The first-order valence-corrected chi connectivity index (χ1v) is 14.7. The zero-order valence-electron chi connectivity index (χ0n) is 25.9. The summed E-state index contributed by atoms with van der Waals surface area (Å²) >= 11 is 0. The highest BCUT2D eigenvalue weighted by molar-refractivity contribution is 5.96. The van der Waals surface area contributed by atoms with E-state index in [-0.39, 0.29) is 23.8 Å². The molecule has 0 bridgehead atoms. The van der Waals surface area contributed by atoms with Gasteiger partial charge in [-0.3, -0.25) is 9.89 Å². The van der Waals surface area contributed by atoms with Crippen molar-refractivity contribution in [2.24, 2.45) is 5.92 Å². The van der Waals surface area contributed by atoms with Crippen LogP contribution in [0.15, 0.2) is 24.5 Å². The third-order valence-corrected chi connectivity index (χ3v) is 7.30. The molecule has 1 saturated heterocycles. The van der Waals surface area contributed by atoms with Gasteiger partial charge in [-0.15, -0.1) is 0 Å². The van der Waals surface area contributed by atoms with Gasteiger partial charge in [0.25, 0.3) is 5.91 Å². The van der Waals surface area contributed by atoms with Gasteiger partial charge >= 0.3 is 6.09 Å². The highest BCUT2D eigenvalue weighted by Gasteiger charge is 2.39. The summed E-state index contributed by atoms with van der Waals surface area (Å²) in [6, 6.07) is 5.44. The molecule has 2 atom stereocenters. The molecule has 0 radical (unpaired) electrons. The number of methoxy groups -OCH3 is 2. The van der Waals surface area contributed by atoms with Crippen LogP contribution in [0.5, 0.6) is 5.75 Å². The second-order valence-electron chi connectivity index (χ2n) is 12.3. The van der Waals surface area contributed by atoms with Crippen LogP contribution < -0.4 is 4.74 Å². The fourth-order valence-electron chi connectivity index (χ4n) is 5.50. The van der Waals surface area contributed by atoms with Crippen LogP contribution in [0, 0.1) is 5.92 Å². The number of likely N-dealkylation sites (tertiary alicyclic amines) is 1. The molecule has 0 saturated carbocycles. The minimum absolute atomic E-state index is 0.144. The quantitative estimate of drug-likeness (QED) is 0.327. The molecule has 12 nitrogen and oxygen atoms in total. The fourth-order valence-corrected chi connectivity index (χ4v) is 5.50. The number of H-pyrrole nitrogens is 1. The second-order valence-corrected chi connectivity index (χ2v) is 12.3. The fraction of sp³-hybridized carbons (Fsp3) is 0.633. The van der Waals surface area contributed by atoms with Crippen molar-refractivity contribution in [3.8, 4) is 5.75 Å².